The van der Waals surface area contributed by atoms with E-state index in [9.17, 15) is 19.2 Å². The van der Waals surface area contributed by atoms with Crippen LogP contribution in [0.4, 0.5) is 11.4 Å². The Hall–Kier alpha value is -9.80. The van der Waals surface area contributed by atoms with Crippen LogP contribution in [0.3, 0.4) is 0 Å². The zero-order chi connectivity index (χ0) is 50.5. The molecule has 10 heteroatoms. The quantitative estimate of drug-likeness (QED) is 0.0875. The molecule has 4 amide bonds. The van der Waals surface area contributed by atoms with Gasteiger partial charge in [0.05, 0.1) is 44.8 Å². The highest BCUT2D eigenvalue weighted by atomic mass is 16.5. The zero-order valence-corrected chi connectivity index (χ0v) is 39.6. The average molecular weight is 967 g/mol. The van der Waals surface area contributed by atoms with Crippen LogP contribution >= 0.6 is 0 Å². The molecule has 0 saturated heterocycles. The summed E-state index contributed by atoms with van der Waals surface area (Å²) in [6.07, 6.45) is 13.0. The molecule has 0 aromatic heterocycles. The Morgan fingerprint density at radius 3 is 1.15 bits per heavy atom. The van der Waals surface area contributed by atoms with Gasteiger partial charge in [0.25, 0.3) is 23.6 Å². The topological polar surface area (TPSA) is 127 Å². The number of imide groups is 2. The van der Waals surface area contributed by atoms with Crippen molar-refractivity contribution < 1.29 is 38.2 Å². The van der Waals surface area contributed by atoms with Crippen LogP contribution in [0.15, 0.2) is 206 Å². The van der Waals surface area contributed by atoms with Crippen LogP contribution < -0.4 is 9.80 Å². The number of para-hydroxylation sites is 2. The number of rotatable bonds is 12. The summed E-state index contributed by atoms with van der Waals surface area (Å²) in [4.78, 5) is 90.9. The first-order chi connectivity index (χ1) is 36.3. The lowest BCUT2D eigenvalue weighted by Crippen LogP contribution is -2.30. The summed E-state index contributed by atoms with van der Waals surface area (Å²) in [6.45, 7) is -0.0999. The van der Waals surface area contributed by atoms with Crippen molar-refractivity contribution in [3.63, 3.8) is 0 Å². The molecule has 0 bridgehead atoms. The lowest BCUT2D eigenvalue weighted by molar-refractivity contribution is 0.0462. The van der Waals surface area contributed by atoms with Gasteiger partial charge in [0, 0.05) is 11.1 Å². The molecule has 10 nitrogen and oxygen atoms in total. The summed E-state index contributed by atoms with van der Waals surface area (Å²) >= 11 is 0. The van der Waals surface area contributed by atoms with Crippen LogP contribution in [-0.4, -0.2) is 35.6 Å². The molecule has 0 spiro atoms. The van der Waals surface area contributed by atoms with Crippen molar-refractivity contribution in [2.45, 2.75) is 26.1 Å². The fourth-order valence-corrected chi connectivity index (χ4v) is 10.5. The first-order valence-electron chi connectivity index (χ1n) is 24.2. The summed E-state index contributed by atoms with van der Waals surface area (Å²) in [6, 6.07) is 50.3. The SMILES string of the molecule is O=C(OCc1ccccc1)c1ccc(-c2ccc(-c3ccc(C(=O)OCc4ccccc4)c4c3C(=O)N(c3ccccc3C3=CC=CC3)C4=O)c3ccccc23)c2c1C(=O)N(c1ccccc1C1=CC=CC1)C2=O. The number of hydrogen-bond donors (Lipinski definition) is 0. The Labute approximate surface area is 425 Å². The third-order valence-electron chi connectivity index (χ3n) is 14.0. The molecule has 0 unspecified atom stereocenters. The van der Waals surface area contributed by atoms with Gasteiger partial charge < -0.3 is 9.47 Å². The Balaban J connectivity index is 1.00. The van der Waals surface area contributed by atoms with Crippen LogP contribution in [0.25, 0.3) is 44.2 Å². The maximum absolute atomic E-state index is 15.2. The molecular weight excluding hydrogens is 925 g/mol. The van der Waals surface area contributed by atoms with Gasteiger partial charge in [0.1, 0.15) is 13.2 Å². The highest BCUT2D eigenvalue weighted by Gasteiger charge is 2.45. The number of nitrogens with zero attached hydrogens (tertiary/aromatic N) is 2. The molecule has 2 aliphatic heterocycles. The van der Waals surface area contributed by atoms with E-state index < -0.39 is 35.6 Å². The molecule has 0 N–H and O–H groups in total. The van der Waals surface area contributed by atoms with Crippen LogP contribution in [0.5, 0.6) is 0 Å². The lowest BCUT2D eigenvalue weighted by atomic mass is 9.86. The van der Waals surface area contributed by atoms with Crippen molar-refractivity contribution in [1.29, 1.82) is 0 Å². The molecule has 4 aliphatic rings. The summed E-state index contributed by atoms with van der Waals surface area (Å²) in [5.74, 6) is -4.05. The molecule has 0 saturated carbocycles. The highest BCUT2D eigenvalue weighted by Crippen LogP contribution is 2.46. The third kappa shape index (κ3) is 7.68. The molecule has 2 aliphatic carbocycles. The molecule has 0 atom stereocenters. The maximum Gasteiger partial charge on any atom is 0.339 e. The third-order valence-corrected chi connectivity index (χ3v) is 14.0. The van der Waals surface area contributed by atoms with Gasteiger partial charge in [-0.3, -0.25) is 19.2 Å². The molecule has 8 aromatic carbocycles. The molecule has 12 rings (SSSR count). The van der Waals surface area contributed by atoms with E-state index in [4.69, 9.17) is 9.47 Å². The fourth-order valence-electron chi connectivity index (χ4n) is 10.5. The minimum Gasteiger partial charge on any atom is -0.457 e. The lowest BCUT2D eigenvalue weighted by Gasteiger charge is -2.19. The van der Waals surface area contributed by atoms with Gasteiger partial charge >= 0.3 is 11.9 Å². The number of allylic oxidation sites excluding steroid dienone is 8. The van der Waals surface area contributed by atoms with E-state index >= 15 is 9.59 Å². The first kappa shape index (κ1) is 45.3. The Morgan fingerprint density at radius 2 is 0.743 bits per heavy atom. The van der Waals surface area contributed by atoms with Crippen molar-refractivity contribution in [3.8, 4) is 22.3 Å². The van der Waals surface area contributed by atoms with Crippen molar-refractivity contribution in [3.05, 3.63) is 262 Å². The number of carbonyl (C=O) groups is 6. The number of carbonyl (C=O) groups excluding carboxylic acids is 6. The summed E-state index contributed by atoms with van der Waals surface area (Å²) in [5, 5.41) is 1.29. The fraction of sp³-hybridized carbons (Fsp3) is 0.0625. The number of fused-ring (bicyclic) bond motifs is 3. The molecule has 356 valence electrons. The van der Waals surface area contributed by atoms with Gasteiger partial charge in [-0.25, -0.2) is 19.4 Å². The Kier molecular flexibility index (Phi) is 11.5. The number of esters is 2. The van der Waals surface area contributed by atoms with Gasteiger partial charge in [-0.15, -0.1) is 0 Å². The van der Waals surface area contributed by atoms with E-state index in [2.05, 4.69) is 0 Å². The minimum atomic E-state index is -0.760. The van der Waals surface area contributed by atoms with E-state index in [1.807, 2.05) is 158 Å². The van der Waals surface area contributed by atoms with E-state index in [1.54, 1.807) is 36.4 Å². The van der Waals surface area contributed by atoms with Crippen molar-refractivity contribution in [1.82, 2.24) is 0 Å². The van der Waals surface area contributed by atoms with E-state index in [0.29, 0.717) is 68.4 Å². The molecule has 8 aromatic rings. The second-order valence-corrected chi connectivity index (χ2v) is 18.2. The summed E-state index contributed by atoms with van der Waals surface area (Å²) in [5.41, 5.74) is 7.32. The smallest absolute Gasteiger partial charge is 0.339 e. The number of amides is 4. The largest absolute Gasteiger partial charge is 0.457 e. The Morgan fingerprint density at radius 1 is 0.378 bits per heavy atom. The van der Waals surface area contributed by atoms with Crippen molar-refractivity contribution in [2.75, 3.05) is 9.80 Å². The van der Waals surface area contributed by atoms with Gasteiger partial charge in [-0.05, 0) is 92.4 Å². The molecule has 0 fully saturated rings. The number of anilines is 2. The molecule has 74 heavy (non-hydrogen) atoms. The van der Waals surface area contributed by atoms with Gasteiger partial charge in [0.15, 0.2) is 0 Å². The minimum absolute atomic E-state index is 0.0392. The predicted octanol–water partition coefficient (Wildman–Crippen LogP) is 13.2. The van der Waals surface area contributed by atoms with Gasteiger partial charge in [-0.1, -0.05) is 182 Å². The molecular formula is C64H42N2O8. The number of hydrogen-bond acceptors (Lipinski definition) is 8. The van der Waals surface area contributed by atoms with E-state index in [1.165, 1.54) is 12.1 Å². The number of benzene rings is 8. The summed E-state index contributed by atoms with van der Waals surface area (Å²) < 4.78 is 11.6. The van der Waals surface area contributed by atoms with Gasteiger partial charge in [-0.2, -0.15) is 0 Å². The monoisotopic (exact) mass is 966 g/mol. The first-order valence-corrected chi connectivity index (χ1v) is 24.2. The predicted molar refractivity (Wildman–Crippen MR) is 285 cm³/mol. The normalized spacial score (nSPS) is 14.4. The van der Waals surface area contributed by atoms with Crippen LogP contribution in [-0.2, 0) is 22.7 Å². The number of ether oxygens (including phenoxy) is 2. The van der Waals surface area contributed by atoms with Crippen molar-refractivity contribution in [2.24, 2.45) is 0 Å². The molecule has 2 heterocycles. The molecule has 0 radical (unpaired) electrons. The van der Waals surface area contributed by atoms with Crippen molar-refractivity contribution >= 4 is 68.9 Å². The van der Waals surface area contributed by atoms with E-state index in [0.717, 1.165) is 32.1 Å². The average Bonchev–Trinajstić information content (AvgIpc) is 4.30. The van der Waals surface area contributed by atoms with Crippen LogP contribution in [0, 0.1) is 0 Å². The highest BCUT2D eigenvalue weighted by molar-refractivity contribution is 6.40. The van der Waals surface area contributed by atoms with E-state index in [-0.39, 0.29) is 46.6 Å². The zero-order valence-electron chi connectivity index (χ0n) is 39.6. The van der Waals surface area contributed by atoms with Crippen LogP contribution in [0.2, 0.25) is 0 Å². The van der Waals surface area contributed by atoms with Gasteiger partial charge in [0.2, 0.25) is 0 Å². The second-order valence-electron chi connectivity index (χ2n) is 18.2. The van der Waals surface area contributed by atoms with Crippen LogP contribution in [0.1, 0.15) is 97.2 Å². The maximum atomic E-state index is 15.2. The Bertz CT molecular complexity index is 3610. The summed E-state index contributed by atoms with van der Waals surface area (Å²) in [7, 11) is 0. The standard InChI is InChI=1S/C64H42N2O8/c67-59-55-49(33-35-51(63(71)73-37-39-17-3-1-4-18-39)57(55)61(69)65(59)53-29-15-13-25-43(53)41-21-7-8-22-41)47-31-32-48(46-28-12-11-27-45(46)47)50-34-36-52(64(72)74-38-40-19-5-2-6-20-40)58-56(50)60(68)66(62(58)70)54-30-16-14-26-44(54)42-23-9-10-24-42/h1-21,23,25-36H,22,24,37-38H2. The second kappa shape index (κ2) is 18.7.